The fourth-order valence-corrected chi connectivity index (χ4v) is 1.28. The van der Waals surface area contributed by atoms with Gasteiger partial charge in [0, 0.05) is 32.7 Å². The Kier molecular flexibility index (Phi) is 6.57. The van der Waals surface area contributed by atoms with Crippen LogP contribution >= 0.6 is 0 Å². The fourth-order valence-electron chi connectivity index (χ4n) is 1.28. The van der Waals surface area contributed by atoms with Gasteiger partial charge in [-0.2, -0.15) is 0 Å². The van der Waals surface area contributed by atoms with Crippen LogP contribution in [0.25, 0.3) is 0 Å². The summed E-state index contributed by atoms with van der Waals surface area (Å²) < 4.78 is 4.83. The molecule has 0 spiro atoms. The van der Waals surface area contributed by atoms with Crippen molar-refractivity contribution in [3.05, 3.63) is 0 Å². The van der Waals surface area contributed by atoms with E-state index in [9.17, 15) is 9.59 Å². The number of ether oxygens (including phenoxy) is 1. The Labute approximate surface area is 101 Å². The molecular weight excluding hydrogens is 222 g/mol. The zero-order valence-electron chi connectivity index (χ0n) is 10.3. The minimum atomic E-state index is -0.0969. The summed E-state index contributed by atoms with van der Waals surface area (Å²) in [6.45, 7) is 1.88. The van der Waals surface area contributed by atoms with Crippen LogP contribution in [0.4, 0.5) is 0 Å². The smallest absolute Gasteiger partial charge is 0.233 e. The number of hydrogen-bond acceptors (Lipinski definition) is 4. The highest BCUT2D eigenvalue weighted by atomic mass is 16.5. The zero-order valence-corrected chi connectivity index (χ0v) is 10.3. The minimum absolute atomic E-state index is 0.0140. The van der Waals surface area contributed by atoms with Crippen LogP contribution in [0.3, 0.4) is 0 Å². The summed E-state index contributed by atoms with van der Waals surface area (Å²) in [7, 11) is 1.61. The van der Waals surface area contributed by atoms with Crippen LogP contribution in [0.15, 0.2) is 0 Å². The van der Waals surface area contributed by atoms with Gasteiger partial charge in [0.05, 0.1) is 13.2 Å². The maximum absolute atomic E-state index is 11.3. The summed E-state index contributed by atoms with van der Waals surface area (Å²) in [5, 5.41) is 8.47. The summed E-state index contributed by atoms with van der Waals surface area (Å²) >= 11 is 0. The Bertz CT molecular complexity index is 254. The lowest BCUT2D eigenvalue weighted by atomic mass is 10.4. The van der Waals surface area contributed by atoms with E-state index in [1.165, 1.54) is 0 Å². The van der Waals surface area contributed by atoms with Crippen molar-refractivity contribution in [1.29, 1.82) is 0 Å². The number of rotatable bonds is 9. The molecule has 1 aliphatic carbocycles. The first-order valence-corrected chi connectivity index (χ1v) is 5.98. The van der Waals surface area contributed by atoms with E-state index < -0.39 is 0 Å². The molecule has 0 aliphatic heterocycles. The van der Waals surface area contributed by atoms with Crippen molar-refractivity contribution in [2.24, 2.45) is 0 Å². The van der Waals surface area contributed by atoms with Gasteiger partial charge in [0.2, 0.25) is 11.8 Å². The molecule has 1 fully saturated rings. The molecule has 1 aliphatic rings. The minimum Gasteiger partial charge on any atom is -0.383 e. The highest BCUT2D eigenvalue weighted by Gasteiger charge is 2.22. The standard InChI is InChI=1S/C11H21N3O3/c1-17-7-6-12-8-11(16)13-5-4-10(15)14-9-2-3-9/h9,12H,2-8H2,1H3,(H,13,16)(H,14,15). The quantitative estimate of drug-likeness (QED) is 0.454. The normalized spacial score (nSPS) is 14.4. The Morgan fingerprint density at radius 3 is 2.65 bits per heavy atom. The van der Waals surface area contributed by atoms with E-state index in [0.29, 0.717) is 32.2 Å². The number of carbonyl (C=O) groups excluding carboxylic acids is 2. The predicted octanol–water partition coefficient (Wildman–Crippen LogP) is -0.993. The van der Waals surface area contributed by atoms with Crippen LogP contribution < -0.4 is 16.0 Å². The molecule has 17 heavy (non-hydrogen) atoms. The van der Waals surface area contributed by atoms with Gasteiger partial charge in [0.25, 0.3) is 0 Å². The van der Waals surface area contributed by atoms with Gasteiger partial charge in [0.1, 0.15) is 0 Å². The maximum atomic E-state index is 11.3. The predicted molar refractivity (Wildman–Crippen MR) is 63.5 cm³/mol. The molecule has 0 atom stereocenters. The molecule has 1 saturated carbocycles. The summed E-state index contributed by atoms with van der Waals surface area (Å²) in [6, 6.07) is 0.383. The Balaban J connectivity index is 1.90. The van der Waals surface area contributed by atoms with E-state index in [-0.39, 0.29) is 18.4 Å². The van der Waals surface area contributed by atoms with Gasteiger partial charge in [0.15, 0.2) is 0 Å². The molecular formula is C11H21N3O3. The fraction of sp³-hybridized carbons (Fsp3) is 0.818. The third-order valence-electron chi connectivity index (χ3n) is 2.39. The Morgan fingerprint density at radius 2 is 2.00 bits per heavy atom. The highest BCUT2D eigenvalue weighted by molar-refractivity contribution is 5.80. The van der Waals surface area contributed by atoms with Crippen molar-refractivity contribution in [2.45, 2.75) is 25.3 Å². The first-order chi connectivity index (χ1) is 8.22. The van der Waals surface area contributed by atoms with Crippen molar-refractivity contribution in [3.8, 4) is 0 Å². The number of nitrogens with one attached hydrogen (secondary N) is 3. The lowest BCUT2D eigenvalue weighted by Gasteiger charge is -2.06. The molecule has 1 rings (SSSR count). The molecule has 0 aromatic heterocycles. The lowest BCUT2D eigenvalue weighted by Crippen LogP contribution is -2.37. The molecule has 98 valence electrons. The number of methoxy groups -OCH3 is 1. The van der Waals surface area contributed by atoms with E-state index in [1.807, 2.05) is 0 Å². The SMILES string of the molecule is COCCNCC(=O)NCCC(=O)NC1CC1. The monoisotopic (exact) mass is 243 g/mol. The van der Waals surface area contributed by atoms with Crippen LogP contribution in [0.5, 0.6) is 0 Å². The summed E-state index contributed by atoms with van der Waals surface area (Å²) in [5.41, 5.74) is 0. The van der Waals surface area contributed by atoms with E-state index in [4.69, 9.17) is 4.74 Å². The van der Waals surface area contributed by atoms with E-state index in [2.05, 4.69) is 16.0 Å². The van der Waals surface area contributed by atoms with Crippen LogP contribution in [-0.4, -0.2) is 51.2 Å². The Hall–Kier alpha value is -1.14. The molecule has 0 unspecified atom stereocenters. The second-order valence-corrected chi connectivity index (χ2v) is 4.11. The first kappa shape index (κ1) is 13.9. The average Bonchev–Trinajstić information content (AvgIpc) is 3.08. The van der Waals surface area contributed by atoms with Gasteiger partial charge >= 0.3 is 0 Å². The van der Waals surface area contributed by atoms with E-state index in [1.54, 1.807) is 7.11 Å². The topological polar surface area (TPSA) is 79.5 Å². The molecule has 6 heteroatoms. The molecule has 0 aromatic rings. The molecule has 0 heterocycles. The average molecular weight is 243 g/mol. The molecule has 6 nitrogen and oxygen atoms in total. The molecule has 0 aromatic carbocycles. The highest BCUT2D eigenvalue weighted by Crippen LogP contribution is 2.18. The molecule has 0 radical (unpaired) electrons. The van der Waals surface area contributed by atoms with Gasteiger partial charge in [-0.25, -0.2) is 0 Å². The van der Waals surface area contributed by atoms with Crippen molar-refractivity contribution < 1.29 is 14.3 Å². The van der Waals surface area contributed by atoms with Gasteiger partial charge in [-0.05, 0) is 12.8 Å². The molecule has 3 N–H and O–H groups in total. The summed E-state index contributed by atoms with van der Waals surface area (Å²) in [4.78, 5) is 22.6. The van der Waals surface area contributed by atoms with E-state index in [0.717, 1.165) is 12.8 Å². The van der Waals surface area contributed by atoms with Gasteiger partial charge in [-0.3, -0.25) is 9.59 Å². The van der Waals surface area contributed by atoms with Crippen LogP contribution in [-0.2, 0) is 14.3 Å². The van der Waals surface area contributed by atoms with Gasteiger partial charge < -0.3 is 20.7 Å². The summed E-state index contributed by atoms with van der Waals surface area (Å²) in [5.74, 6) is -0.0829. The molecule has 0 bridgehead atoms. The van der Waals surface area contributed by atoms with Crippen LogP contribution in [0.2, 0.25) is 0 Å². The third-order valence-corrected chi connectivity index (χ3v) is 2.39. The van der Waals surface area contributed by atoms with Crippen molar-refractivity contribution in [1.82, 2.24) is 16.0 Å². The van der Waals surface area contributed by atoms with Gasteiger partial charge in [-0.15, -0.1) is 0 Å². The van der Waals surface area contributed by atoms with Gasteiger partial charge in [-0.1, -0.05) is 0 Å². The number of amides is 2. The number of carbonyl (C=O) groups is 2. The van der Waals surface area contributed by atoms with Crippen molar-refractivity contribution in [3.63, 3.8) is 0 Å². The third kappa shape index (κ3) is 7.70. The number of hydrogen-bond donors (Lipinski definition) is 3. The van der Waals surface area contributed by atoms with Crippen molar-refractivity contribution >= 4 is 11.8 Å². The summed E-state index contributed by atoms with van der Waals surface area (Å²) in [6.07, 6.45) is 2.52. The van der Waals surface area contributed by atoms with E-state index >= 15 is 0 Å². The Morgan fingerprint density at radius 1 is 1.24 bits per heavy atom. The second-order valence-electron chi connectivity index (χ2n) is 4.11. The van der Waals surface area contributed by atoms with Crippen LogP contribution in [0, 0.1) is 0 Å². The molecule has 0 saturated heterocycles. The second kappa shape index (κ2) is 8.03. The lowest BCUT2D eigenvalue weighted by molar-refractivity contribution is -0.122. The zero-order chi connectivity index (χ0) is 12.5. The molecule has 2 amide bonds. The first-order valence-electron chi connectivity index (χ1n) is 5.98. The maximum Gasteiger partial charge on any atom is 0.233 e. The van der Waals surface area contributed by atoms with Crippen molar-refractivity contribution in [2.75, 3.05) is 33.4 Å². The largest absolute Gasteiger partial charge is 0.383 e. The van der Waals surface area contributed by atoms with Crippen LogP contribution in [0.1, 0.15) is 19.3 Å².